The van der Waals surface area contributed by atoms with Crippen LogP contribution < -0.4 is 14.8 Å². The fourth-order valence-electron chi connectivity index (χ4n) is 2.55. The number of nitrogens with one attached hydrogen (secondary N) is 1. The zero-order valence-electron chi connectivity index (χ0n) is 13.3. The average molecular weight is 358 g/mol. The maximum absolute atomic E-state index is 13.6. The van der Waals surface area contributed by atoms with E-state index in [9.17, 15) is 13.6 Å². The third kappa shape index (κ3) is 2.97. The number of hydrogen-bond donors (Lipinski definition) is 1. The normalized spacial score (nSPS) is 12.2. The van der Waals surface area contributed by atoms with Crippen molar-refractivity contribution in [2.24, 2.45) is 0 Å². The molecule has 3 aromatic rings. The summed E-state index contributed by atoms with van der Waals surface area (Å²) in [7, 11) is 0. The van der Waals surface area contributed by atoms with Gasteiger partial charge in [-0.25, -0.2) is 8.78 Å². The predicted octanol–water partition coefficient (Wildman–Crippen LogP) is 3.28. The van der Waals surface area contributed by atoms with Gasteiger partial charge in [0.1, 0.15) is 22.9 Å². The van der Waals surface area contributed by atoms with Crippen molar-refractivity contribution in [2.75, 3.05) is 6.79 Å². The topological polar surface area (TPSA) is 73.6 Å². The number of rotatable bonds is 4. The van der Waals surface area contributed by atoms with E-state index in [1.165, 1.54) is 6.07 Å². The highest BCUT2D eigenvalue weighted by Crippen LogP contribution is 2.36. The molecule has 0 spiro atoms. The molecule has 132 valence electrons. The maximum atomic E-state index is 13.6. The molecule has 1 amide bonds. The van der Waals surface area contributed by atoms with Crippen molar-refractivity contribution in [1.82, 2.24) is 10.5 Å². The molecule has 2 heterocycles. The molecule has 0 aliphatic carbocycles. The Morgan fingerprint density at radius 2 is 1.85 bits per heavy atom. The van der Waals surface area contributed by atoms with Crippen LogP contribution >= 0.6 is 0 Å². The number of hydrogen-bond acceptors (Lipinski definition) is 5. The molecule has 0 fully saturated rings. The number of carbonyl (C=O) groups is 1. The standard InChI is InChI=1S/C18H12F2N2O4/c19-12-2-1-3-13(20)17(12)18(23)21-8-11-7-15(26-22-11)10-4-5-14-16(6-10)25-9-24-14/h1-7H,8-9H2,(H,21,23). The Morgan fingerprint density at radius 3 is 2.65 bits per heavy atom. The first kappa shape index (κ1) is 16.1. The number of halogens is 2. The van der Waals surface area contributed by atoms with Crippen LogP contribution in [0.4, 0.5) is 8.78 Å². The van der Waals surface area contributed by atoms with Gasteiger partial charge >= 0.3 is 0 Å². The fourth-order valence-corrected chi connectivity index (χ4v) is 2.55. The Morgan fingerprint density at radius 1 is 1.08 bits per heavy atom. The molecule has 4 rings (SSSR count). The van der Waals surface area contributed by atoms with E-state index in [0.29, 0.717) is 23.0 Å². The number of fused-ring (bicyclic) bond motifs is 1. The molecule has 1 aliphatic rings. The van der Waals surface area contributed by atoms with Gasteiger partial charge in [0.2, 0.25) is 6.79 Å². The van der Waals surface area contributed by atoms with Gasteiger partial charge in [-0.05, 0) is 30.3 Å². The van der Waals surface area contributed by atoms with Crippen LogP contribution in [0.25, 0.3) is 11.3 Å². The number of nitrogens with zero attached hydrogens (tertiary/aromatic N) is 1. The van der Waals surface area contributed by atoms with E-state index in [-0.39, 0.29) is 13.3 Å². The molecule has 0 unspecified atom stereocenters. The molecule has 2 aromatic carbocycles. The first-order chi connectivity index (χ1) is 12.6. The second kappa shape index (κ2) is 6.47. The third-order valence-corrected chi connectivity index (χ3v) is 3.84. The van der Waals surface area contributed by atoms with Crippen molar-refractivity contribution >= 4 is 5.91 Å². The van der Waals surface area contributed by atoms with E-state index in [0.717, 1.165) is 17.7 Å². The monoisotopic (exact) mass is 358 g/mol. The number of benzene rings is 2. The predicted molar refractivity (Wildman–Crippen MR) is 85.6 cm³/mol. The van der Waals surface area contributed by atoms with Gasteiger partial charge in [0, 0.05) is 11.6 Å². The third-order valence-electron chi connectivity index (χ3n) is 3.84. The smallest absolute Gasteiger partial charge is 0.257 e. The van der Waals surface area contributed by atoms with Gasteiger partial charge in [-0.2, -0.15) is 0 Å². The fraction of sp³-hybridized carbons (Fsp3) is 0.111. The molecule has 0 radical (unpaired) electrons. The van der Waals surface area contributed by atoms with Crippen molar-refractivity contribution in [3.8, 4) is 22.8 Å². The van der Waals surface area contributed by atoms with Gasteiger partial charge in [0.15, 0.2) is 17.3 Å². The van der Waals surface area contributed by atoms with Crippen molar-refractivity contribution in [1.29, 1.82) is 0 Å². The van der Waals surface area contributed by atoms with Crippen molar-refractivity contribution in [2.45, 2.75) is 6.54 Å². The van der Waals surface area contributed by atoms with E-state index >= 15 is 0 Å². The second-order valence-electron chi connectivity index (χ2n) is 5.53. The molecule has 1 aromatic heterocycles. The summed E-state index contributed by atoms with van der Waals surface area (Å²) in [6.45, 7) is 0.125. The van der Waals surface area contributed by atoms with Crippen LogP contribution in [-0.2, 0) is 6.54 Å². The summed E-state index contributed by atoms with van der Waals surface area (Å²) in [4.78, 5) is 12.0. The van der Waals surface area contributed by atoms with Crippen LogP contribution in [0.1, 0.15) is 16.1 Å². The van der Waals surface area contributed by atoms with Crippen LogP contribution in [-0.4, -0.2) is 17.9 Å². The van der Waals surface area contributed by atoms with Crippen molar-refractivity contribution < 1.29 is 27.6 Å². The zero-order chi connectivity index (χ0) is 18.1. The molecular formula is C18H12F2N2O4. The second-order valence-corrected chi connectivity index (χ2v) is 5.53. The van der Waals surface area contributed by atoms with Gasteiger partial charge in [0.05, 0.1) is 6.54 Å². The largest absolute Gasteiger partial charge is 0.454 e. The molecule has 0 saturated heterocycles. The lowest BCUT2D eigenvalue weighted by Crippen LogP contribution is -2.25. The summed E-state index contributed by atoms with van der Waals surface area (Å²) < 4.78 is 43.0. The summed E-state index contributed by atoms with van der Waals surface area (Å²) in [5.41, 5.74) is 0.495. The van der Waals surface area contributed by atoms with Gasteiger partial charge in [-0.15, -0.1) is 0 Å². The number of aromatic nitrogens is 1. The summed E-state index contributed by atoms with van der Waals surface area (Å²) in [5, 5.41) is 6.26. The lowest BCUT2D eigenvalue weighted by Gasteiger charge is -2.05. The van der Waals surface area contributed by atoms with E-state index < -0.39 is 23.1 Å². The highest BCUT2D eigenvalue weighted by molar-refractivity contribution is 5.94. The minimum atomic E-state index is -0.927. The number of amides is 1. The van der Waals surface area contributed by atoms with Crippen LogP contribution in [0.15, 0.2) is 47.0 Å². The van der Waals surface area contributed by atoms with Gasteiger partial charge < -0.3 is 19.3 Å². The summed E-state index contributed by atoms with van der Waals surface area (Å²) in [6.07, 6.45) is 0. The lowest BCUT2D eigenvalue weighted by molar-refractivity contribution is 0.0941. The van der Waals surface area contributed by atoms with Crippen LogP contribution in [0.5, 0.6) is 11.5 Å². The van der Waals surface area contributed by atoms with E-state index in [4.69, 9.17) is 14.0 Å². The molecule has 0 saturated carbocycles. The van der Waals surface area contributed by atoms with Crippen LogP contribution in [0.2, 0.25) is 0 Å². The highest BCUT2D eigenvalue weighted by atomic mass is 19.1. The molecule has 6 nitrogen and oxygen atoms in total. The lowest BCUT2D eigenvalue weighted by atomic mass is 10.1. The Labute approximate surface area is 146 Å². The molecule has 1 aliphatic heterocycles. The van der Waals surface area contributed by atoms with Crippen LogP contribution in [0.3, 0.4) is 0 Å². The summed E-state index contributed by atoms with van der Waals surface area (Å²) in [5.74, 6) is -1.01. The van der Waals surface area contributed by atoms with Gasteiger partial charge in [0.25, 0.3) is 5.91 Å². The number of carbonyl (C=O) groups excluding carboxylic acids is 1. The Bertz CT molecular complexity index is 967. The quantitative estimate of drug-likeness (QED) is 0.775. The minimum Gasteiger partial charge on any atom is -0.454 e. The Kier molecular flexibility index (Phi) is 4.00. The minimum absolute atomic E-state index is 0.0410. The molecule has 0 bridgehead atoms. The first-order valence-electron chi connectivity index (χ1n) is 7.69. The molecule has 0 atom stereocenters. The first-order valence-corrected chi connectivity index (χ1v) is 7.69. The van der Waals surface area contributed by atoms with Gasteiger partial charge in [-0.3, -0.25) is 4.79 Å². The van der Waals surface area contributed by atoms with E-state index in [1.807, 2.05) is 0 Å². The molecular weight excluding hydrogens is 346 g/mol. The van der Waals surface area contributed by atoms with E-state index in [1.54, 1.807) is 24.3 Å². The Hall–Kier alpha value is -3.42. The van der Waals surface area contributed by atoms with Gasteiger partial charge in [-0.1, -0.05) is 11.2 Å². The molecule has 8 heteroatoms. The van der Waals surface area contributed by atoms with Crippen molar-refractivity contribution in [3.05, 3.63) is 65.4 Å². The Balaban J connectivity index is 1.46. The van der Waals surface area contributed by atoms with E-state index in [2.05, 4.69) is 10.5 Å². The van der Waals surface area contributed by atoms with Crippen molar-refractivity contribution in [3.63, 3.8) is 0 Å². The van der Waals surface area contributed by atoms with Crippen LogP contribution in [0, 0.1) is 11.6 Å². The SMILES string of the molecule is O=C(NCc1cc(-c2ccc3c(c2)OCO3)on1)c1c(F)cccc1F. The highest BCUT2D eigenvalue weighted by Gasteiger charge is 2.18. The summed E-state index contributed by atoms with van der Waals surface area (Å²) >= 11 is 0. The average Bonchev–Trinajstić information content (AvgIpc) is 3.28. The number of ether oxygens (including phenoxy) is 2. The molecule has 26 heavy (non-hydrogen) atoms. The summed E-state index contributed by atoms with van der Waals surface area (Å²) in [6, 6.07) is 10.1. The zero-order valence-corrected chi connectivity index (χ0v) is 13.3. The molecule has 1 N–H and O–H groups in total. The maximum Gasteiger partial charge on any atom is 0.257 e.